The summed E-state index contributed by atoms with van der Waals surface area (Å²) in [5.74, 6) is 2.02. The van der Waals surface area contributed by atoms with Gasteiger partial charge in [0.2, 0.25) is 0 Å². The van der Waals surface area contributed by atoms with E-state index in [9.17, 15) is 4.79 Å². The molecule has 178 valence electrons. The van der Waals surface area contributed by atoms with Crippen LogP contribution < -0.4 is 10.6 Å². The normalized spacial score (nSPS) is 13.3. The number of nitrogens with zero attached hydrogens (tertiary/aromatic N) is 5. The molecule has 2 rings (SSSR count). The van der Waals surface area contributed by atoms with E-state index < -0.39 is 5.60 Å². The highest BCUT2D eigenvalue weighted by molar-refractivity contribution is 5.79. The van der Waals surface area contributed by atoms with Crippen LogP contribution in [0.4, 0.5) is 4.79 Å². The maximum Gasteiger partial charge on any atom is 0.407 e. The maximum absolute atomic E-state index is 12.2. The summed E-state index contributed by atoms with van der Waals surface area (Å²) in [5.41, 5.74) is 0.330. The van der Waals surface area contributed by atoms with Gasteiger partial charge in [-0.05, 0) is 52.2 Å². The molecule has 0 fully saturated rings. The summed E-state index contributed by atoms with van der Waals surface area (Å²) in [6.45, 7) is 14.0. The summed E-state index contributed by atoms with van der Waals surface area (Å²) >= 11 is 0. The summed E-state index contributed by atoms with van der Waals surface area (Å²) in [5, 5.41) is 14.8. The monoisotopic (exact) mass is 445 g/mol. The minimum absolute atomic E-state index is 0.0116. The van der Waals surface area contributed by atoms with Gasteiger partial charge in [-0.25, -0.2) is 4.79 Å². The fourth-order valence-corrected chi connectivity index (χ4v) is 3.26. The lowest BCUT2D eigenvalue weighted by Crippen LogP contribution is -2.45. The topological polar surface area (TPSA) is 96.1 Å². The van der Waals surface area contributed by atoms with Gasteiger partial charge in [-0.3, -0.25) is 9.39 Å². The number of fused-ring (bicyclic) bond motifs is 1. The van der Waals surface area contributed by atoms with Crippen LogP contribution in [-0.4, -0.2) is 69.9 Å². The van der Waals surface area contributed by atoms with Gasteiger partial charge in [0.1, 0.15) is 11.4 Å². The number of nitrogens with one attached hydrogen (secondary N) is 2. The number of alkyl carbamates (subject to hydrolysis) is 1. The van der Waals surface area contributed by atoms with E-state index in [0.717, 1.165) is 36.9 Å². The largest absolute Gasteiger partial charge is 0.444 e. The number of guanidine groups is 1. The second-order valence-electron chi connectivity index (χ2n) is 9.24. The van der Waals surface area contributed by atoms with Gasteiger partial charge in [0.15, 0.2) is 11.6 Å². The van der Waals surface area contributed by atoms with E-state index in [2.05, 4.69) is 46.5 Å². The van der Waals surface area contributed by atoms with Crippen molar-refractivity contribution in [1.82, 2.24) is 30.1 Å². The molecular formula is C23H39N7O2. The molecule has 0 aliphatic heterocycles. The Morgan fingerprint density at radius 1 is 1.28 bits per heavy atom. The Labute approximate surface area is 191 Å². The lowest BCUT2D eigenvalue weighted by Gasteiger charge is -2.28. The van der Waals surface area contributed by atoms with Crippen molar-refractivity contribution in [1.29, 1.82) is 0 Å². The molecule has 9 heteroatoms. The van der Waals surface area contributed by atoms with Gasteiger partial charge in [-0.1, -0.05) is 19.9 Å². The van der Waals surface area contributed by atoms with Crippen LogP contribution in [0.25, 0.3) is 5.65 Å². The second-order valence-corrected chi connectivity index (χ2v) is 9.24. The van der Waals surface area contributed by atoms with Gasteiger partial charge in [-0.15, -0.1) is 10.2 Å². The number of ether oxygens (including phenoxy) is 1. The van der Waals surface area contributed by atoms with Crippen LogP contribution in [0.2, 0.25) is 0 Å². The van der Waals surface area contributed by atoms with Crippen LogP contribution in [0.1, 0.15) is 53.8 Å². The highest BCUT2D eigenvalue weighted by Crippen LogP contribution is 2.11. The highest BCUT2D eigenvalue weighted by Gasteiger charge is 2.22. The van der Waals surface area contributed by atoms with E-state index in [1.54, 1.807) is 0 Å². The Morgan fingerprint density at radius 3 is 2.69 bits per heavy atom. The molecule has 0 aliphatic rings. The number of hydrogen-bond acceptors (Lipinski definition) is 5. The summed E-state index contributed by atoms with van der Waals surface area (Å²) in [6.07, 6.45) is 3.07. The van der Waals surface area contributed by atoms with E-state index in [4.69, 9.17) is 9.73 Å². The average Bonchev–Trinajstić information content (AvgIpc) is 3.12. The van der Waals surface area contributed by atoms with Gasteiger partial charge < -0.3 is 20.3 Å². The van der Waals surface area contributed by atoms with Gasteiger partial charge in [0.05, 0.1) is 0 Å². The zero-order chi connectivity index (χ0) is 23.7. The predicted molar refractivity (Wildman–Crippen MR) is 128 cm³/mol. The lowest BCUT2D eigenvalue weighted by atomic mass is 10.0. The molecule has 0 radical (unpaired) electrons. The SMILES string of the molecule is CCNC(=NCCc1nnc2ccccn12)N(C)CCC(NC(=O)OC(C)(C)C)C(C)C. The van der Waals surface area contributed by atoms with Gasteiger partial charge >= 0.3 is 6.09 Å². The smallest absolute Gasteiger partial charge is 0.407 e. The van der Waals surface area contributed by atoms with Crippen LogP contribution >= 0.6 is 0 Å². The zero-order valence-corrected chi connectivity index (χ0v) is 20.6. The van der Waals surface area contributed by atoms with Crippen LogP contribution in [0.5, 0.6) is 0 Å². The third-order valence-electron chi connectivity index (χ3n) is 4.96. The summed E-state index contributed by atoms with van der Waals surface area (Å²) in [6, 6.07) is 5.87. The number of carbonyl (C=O) groups excluding carboxylic acids is 1. The van der Waals surface area contributed by atoms with Crippen molar-refractivity contribution in [2.24, 2.45) is 10.9 Å². The van der Waals surface area contributed by atoms with Crippen LogP contribution in [-0.2, 0) is 11.2 Å². The number of rotatable bonds is 9. The minimum atomic E-state index is -0.511. The van der Waals surface area contributed by atoms with Crippen molar-refractivity contribution in [2.75, 3.05) is 26.7 Å². The number of hydrogen-bond donors (Lipinski definition) is 2. The van der Waals surface area contributed by atoms with Crippen molar-refractivity contribution in [3.63, 3.8) is 0 Å². The average molecular weight is 446 g/mol. The van der Waals surface area contributed by atoms with Gasteiger partial charge in [-0.2, -0.15) is 0 Å². The molecule has 2 heterocycles. The minimum Gasteiger partial charge on any atom is -0.444 e. The molecular weight excluding hydrogens is 406 g/mol. The molecule has 2 N–H and O–H groups in total. The fraction of sp³-hybridized carbons (Fsp3) is 0.652. The third kappa shape index (κ3) is 8.01. The second kappa shape index (κ2) is 11.7. The molecule has 0 saturated carbocycles. The summed E-state index contributed by atoms with van der Waals surface area (Å²) in [4.78, 5) is 19.1. The molecule has 0 bridgehead atoms. The molecule has 0 saturated heterocycles. The predicted octanol–water partition coefficient (Wildman–Crippen LogP) is 3.11. The van der Waals surface area contributed by atoms with Crippen molar-refractivity contribution in [3.8, 4) is 0 Å². The van der Waals surface area contributed by atoms with Crippen LogP contribution in [0.3, 0.4) is 0 Å². The van der Waals surface area contributed by atoms with E-state index in [0.29, 0.717) is 13.0 Å². The summed E-state index contributed by atoms with van der Waals surface area (Å²) < 4.78 is 7.41. The van der Waals surface area contributed by atoms with Crippen molar-refractivity contribution in [2.45, 2.75) is 66.0 Å². The Bertz CT molecular complexity index is 886. The van der Waals surface area contributed by atoms with E-state index in [1.807, 2.05) is 56.6 Å². The van der Waals surface area contributed by atoms with Crippen LogP contribution in [0, 0.1) is 5.92 Å². The Balaban J connectivity index is 1.94. The van der Waals surface area contributed by atoms with Crippen LogP contribution in [0.15, 0.2) is 29.4 Å². The molecule has 2 aromatic rings. The quantitative estimate of drug-likeness (QED) is 0.455. The number of aliphatic imine (C=N–C) groups is 1. The van der Waals surface area contributed by atoms with Crippen molar-refractivity contribution >= 4 is 17.7 Å². The Hall–Kier alpha value is -2.84. The number of aromatic nitrogens is 3. The van der Waals surface area contributed by atoms with E-state index in [1.165, 1.54) is 0 Å². The first-order chi connectivity index (χ1) is 15.1. The Morgan fingerprint density at radius 2 is 2.03 bits per heavy atom. The zero-order valence-electron chi connectivity index (χ0n) is 20.6. The number of pyridine rings is 1. The molecule has 0 aliphatic carbocycles. The van der Waals surface area contributed by atoms with E-state index >= 15 is 0 Å². The molecule has 1 unspecified atom stereocenters. The molecule has 2 aromatic heterocycles. The first-order valence-electron chi connectivity index (χ1n) is 11.4. The van der Waals surface area contributed by atoms with E-state index in [-0.39, 0.29) is 18.1 Å². The molecule has 0 spiro atoms. The molecule has 32 heavy (non-hydrogen) atoms. The fourth-order valence-electron chi connectivity index (χ4n) is 3.26. The molecule has 9 nitrogen and oxygen atoms in total. The summed E-state index contributed by atoms with van der Waals surface area (Å²) in [7, 11) is 2.01. The van der Waals surface area contributed by atoms with Crippen molar-refractivity contribution in [3.05, 3.63) is 30.2 Å². The van der Waals surface area contributed by atoms with Crippen molar-refractivity contribution < 1.29 is 9.53 Å². The highest BCUT2D eigenvalue weighted by atomic mass is 16.6. The Kier molecular flexibility index (Phi) is 9.28. The number of amides is 1. The standard InChI is InChI=1S/C23H39N7O2/c1-8-24-21(25-14-12-20-28-27-19-11-9-10-15-30(19)20)29(7)16-13-18(17(2)3)26-22(31)32-23(4,5)6/h9-11,15,17-18H,8,12-14,16H2,1-7H3,(H,24,25)(H,26,31). The number of carbonyl (C=O) groups is 1. The first-order valence-corrected chi connectivity index (χ1v) is 11.4. The lowest BCUT2D eigenvalue weighted by molar-refractivity contribution is 0.0486. The third-order valence-corrected chi connectivity index (χ3v) is 4.96. The molecule has 1 amide bonds. The first kappa shape index (κ1) is 25.4. The van der Waals surface area contributed by atoms with Gasteiger partial charge in [0.25, 0.3) is 0 Å². The molecule has 1 atom stereocenters. The van der Waals surface area contributed by atoms with Gasteiger partial charge in [0, 0.05) is 45.3 Å². The molecule has 0 aromatic carbocycles. The maximum atomic E-state index is 12.2.